The Morgan fingerprint density at radius 3 is 2.71 bits per heavy atom. The number of H-pyrrole nitrogens is 1. The van der Waals surface area contributed by atoms with Gasteiger partial charge in [-0.2, -0.15) is 0 Å². The number of nitrogens with one attached hydrogen (secondary N) is 1. The predicted molar refractivity (Wildman–Crippen MR) is 74.9 cm³/mol. The minimum atomic E-state index is -1.13. The molecule has 0 amide bonds. The largest absolute Gasteiger partial charge is 0.478 e. The van der Waals surface area contributed by atoms with E-state index in [-0.39, 0.29) is 16.5 Å². The average Bonchev–Trinajstić information content (AvgIpc) is 2.47. The first-order valence-corrected chi connectivity index (χ1v) is 6.01. The van der Waals surface area contributed by atoms with Crippen molar-refractivity contribution in [3.63, 3.8) is 0 Å². The Kier molecular flexibility index (Phi) is 2.87. The van der Waals surface area contributed by atoms with Gasteiger partial charge >= 0.3 is 11.7 Å². The van der Waals surface area contributed by atoms with E-state index in [0.29, 0.717) is 5.69 Å². The summed E-state index contributed by atoms with van der Waals surface area (Å²) >= 11 is 0. The molecule has 0 aliphatic carbocycles. The fourth-order valence-electron chi connectivity index (χ4n) is 2.07. The highest BCUT2D eigenvalue weighted by Crippen LogP contribution is 2.10. The van der Waals surface area contributed by atoms with Crippen LogP contribution in [0.1, 0.15) is 10.4 Å². The van der Waals surface area contributed by atoms with Crippen molar-refractivity contribution in [1.82, 2.24) is 14.5 Å². The van der Waals surface area contributed by atoms with Crippen LogP contribution in [-0.2, 0) is 0 Å². The third-order valence-corrected chi connectivity index (χ3v) is 3.05. The average molecular weight is 283 g/mol. The van der Waals surface area contributed by atoms with Crippen molar-refractivity contribution < 1.29 is 9.90 Å². The number of rotatable bonds is 2. The van der Waals surface area contributed by atoms with Crippen molar-refractivity contribution in [2.75, 3.05) is 0 Å². The first-order valence-electron chi connectivity index (χ1n) is 6.01. The van der Waals surface area contributed by atoms with Gasteiger partial charge in [-0.25, -0.2) is 14.2 Å². The number of carboxylic acid groups (broad SMARTS) is 1. The van der Waals surface area contributed by atoms with Crippen molar-refractivity contribution in [2.24, 2.45) is 0 Å². The molecule has 21 heavy (non-hydrogen) atoms. The molecule has 7 nitrogen and oxygen atoms in total. The predicted octanol–water partition coefficient (Wildman–Crippen LogP) is 0.772. The van der Waals surface area contributed by atoms with Crippen LogP contribution in [0.3, 0.4) is 0 Å². The summed E-state index contributed by atoms with van der Waals surface area (Å²) in [6, 6.07) is 7.15. The number of fused-ring (bicyclic) bond motifs is 1. The van der Waals surface area contributed by atoms with E-state index in [9.17, 15) is 14.4 Å². The molecular weight excluding hydrogens is 274 g/mol. The zero-order valence-corrected chi connectivity index (χ0v) is 10.6. The van der Waals surface area contributed by atoms with Crippen LogP contribution in [0.2, 0.25) is 0 Å². The highest BCUT2D eigenvalue weighted by Gasteiger charge is 2.11. The maximum atomic E-state index is 12.4. The van der Waals surface area contributed by atoms with Crippen LogP contribution in [0.5, 0.6) is 0 Å². The Labute approximate surface area is 117 Å². The second-order valence-corrected chi connectivity index (χ2v) is 4.35. The van der Waals surface area contributed by atoms with Crippen LogP contribution >= 0.6 is 0 Å². The second-order valence-electron chi connectivity index (χ2n) is 4.35. The van der Waals surface area contributed by atoms with E-state index in [1.54, 1.807) is 12.1 Å². The molecule has 2 N–H and O–H groups in total. The number of carbonyl (C=O) groups is 1. The minimum Gasteiger partial charge on any atom is -0.478 e. The van der Waals surface area contributed by atoms with Gasteiger partial charge in [-0.15, -0.1) is 0 Å². The van der Waals surface area contributed by atoms with Gasteiger partial charge in [0, 0.05) is 6.20 Å². The van der Waals surface area contributed by atoms with Crippen LogP contribution < -0.4 is 11.2 Å². The van der Waals surface area contributed by atoms with Crippen molar-refractivity contribution in [3.8, 4) is 5.69 Å². The number of pyridine rings is 1. The highest BCUT2D eigenvalue weighted by molar-refractivity contribution is 5.92. The maximum Gasteiger partial charge on any atom is 0.335 e. The molecule has 0 fully saturated rings. The number of nitrogens with zero attached hydrogens (tertiary/aromatic N) is 2. The molecule has 2 heterocycles. The van der Waals surface area contributed by atoms with Crippen molar-refractivity contribution in [3.05, 3.63) is 69.1 Å². The molecule has 0 saturated heterocycles. The number of carboxylic acids is 1. The third kappa shape index (κ3) is 2.10. The van der Waals surface area contributed by atoms with E-state index in [2.05, 4.69) is 9.97 Å². The molecule has 0 bridgehead atoms. The van der Waals surface area contributed by atoms with Gasteiger partial charge in [-0.05, 0) is 30.3 Å². The molecule has 1 aromatic carbocycles. The number of hydrogen-bond donors (Lipinski definition) is 2. The summed E-state index contributed by atoms with van der Waals surface area (Å²) in [5, 5.41) is 9.16. The van der Waals surface area contributed by atoms with Crippen LogP contribution in [-0.4, -0.2) is 25.6 Å². The first kappa shape index (κ1) is 12.8. The van der Waals surface area contributed by atoms with E-state index in [4.69, 9.17) is 5.11 Å². The molecule has 0 saturated carbocycles. The molecule has 104 valence electrons. The lowest BCUT2D eigenvalue weighted by Crippen LogP contribution is -2.33. The standard InChI is InChI=1S/C14H9N3O4/c18-12-10-4-3-8(13(19)20)6-11(10)16-14(21)17(12)9-2-1-5-15-7-9/h1-7H,(H,16,21)(H,19,20). The van der Waals surface area contributed by atoms with Gasteiger partial charge in [0.25, 0.3) is 5.56 Å². The molecule has 2 aromatic heterocycles. The van der Waals surface area contributed by atoms with E-state index in [1.807, 2.05) is 0 Å². The molecule has 7 heteroatoms. The Morgan fingerprint density at radius 2 is 2.05 bits per heavy atom. The molecule has 0 atom stereocenters. The molecule has 0 unspecified atom stereocenters. The lowest BCUT2D eigenvalue weighted by atomic mass is 10.1. The Morgan fingerprint density at radius 1 is 1.24 bits per heavy atom. The Bertz CT molecular complexity index is 957. The molecule has 3 aromatic rings. The maximum absolute atomic E-state index is 12.4. The summed E-state index contributed by atoms with van der Waals surface area (Å²) in [6.07, 6.45) is 2.93. The third-order valence-electron chi connectivity index (χ3n) is 3.05. The summed E-state index contributed by atoms with van der Waals surface area (Å²) in [5.41, 5.74) is -0.656. The normalized spacial score (nSPS) is 10.7. The number of benzene rings is 1. The van der Waals surface area contributed by atoms with Gasteiger partial charge in [0.15, 0.2) is 0 Å². The highest BCUT2D eigenvalue weighted by atomic mass is 16.4. The van der Waals surface area contributed by atoms with E-state index in [0.717, 1.165) is 4.57 Å². The van der Waals surface area contributed by atoms with Crippen LogP contribution in [0, 0.1) is 0 Å². The number of hydrogen-bond acceptors (Lipinski definition) is 4. The van der Waals surface area contributed by atoms with Gasteiger partial charge in [0.1, 0.15) is 0 Å². The van der Waals surface area contributed by atoms with Gasteiger partial charge in [-0.3, -0.25) is 9.78 Å². The Hall–Kier alpha value is -3.22. The zero-order chi connectivity index (χ0) is 15.0. The Balaban J connectivity index is 2.36. The summed E-state index contributed by atoms with van der Waals surface area (Å²) in [5.74, 6) is -1.13. The van der Waals surface area contributed by atoms with Crippen molar-refractivity contribution >= 4 is 16.9 Å². The molecule has 3 rings (SSSR count). The molecule has 0 spiro atoms. The van der Waals surface area contributed by atoms with Gasteiger partial charge < -0.3 is 10.1 Å². The fourth-order valence-corrected chi connectivity index (χ4v) is 2.07. The van der Waals surface area contributed by atoms with Crippen LogP contribution in [0.4, 0.5) is 0 Å². The van der Waals surface area contributed by atoms with Gasteiger partial charge in [-0.1, -0.05) is 0 Å². The topological polar surface area (TPSA) is 105 Å². The second kappa shape index (κ2) is 4.71. The lowest BCUT2D eigenvalue weighted by Gasteiger charge is -2.06. The fraction of sp³-hybridized carbons (Fsp3) is 0. The number of aromatic carboxylic acids is 1. The first-order chi connectivity index (χ1) is 10.1. The van der Waals surface area contributed by atoms with Gasteiger partial charge in [0.05, 0.1) is 28.4 Å². The summed E-state index contributed by atoms with van der Waals surface area (Å²) < 4.78 is 0.954. The van der Waals surface area contributed by atoms with E-state index >= 15 is 0 Å². The van der Waals surface area contributed by atoms with Crippen molar-refractivity contribution in [2.45, 2.75) is 0 Å². The van der Waals surface area contributed by atoms with Gasteiger partial charge in [0.2, 0.25) is 0 Å². The minimum absolute atomic E-state index is 0.00308. The lowest BCUT2D eigenvalue weighted by molar-refractivity contribution is 0.0697. The number of aromatic amines is 1. The summed E-state index contributed by atoms with van der Waals surface area (Å²) in [7, 11) is 0. The molecule has 0 aliphatic rings. The zero-order valence-electron chi connectivity index (χ0n) is 10.6. The summed E-state index contributed by atoms with van der Waals surface area (Å²) in [4.78, 5) is 41.8. The SMILES string of the molecule is O=C(O)c1ccc2c(=O)n(-c3cccnc3)c(=O)[nH]c2c1. The van der Waals surface area contributed by atoms with Crippen molar-refractivity contribution in [1.29, 1.82) is 0 Å². The van der Waals surface area contributed by atoms with Crippen LogP contribution in [0.25, 0.3) is 16.6 Å². The quantitative estimate of drug-likeness (QED) is 0.722. The molecular formula is C14H9N3O4. The monoisotopic (exact) mass is 283 g/mol. The smallest absolute Gasteiger partial charge is 0.335 e. The number of aromatic nitrogens is 3. The molecule has 0 radical (unpaired) electrons. The molecule has 0 aliphatic heterocycles. The van der Waals surface area contributed by atoms with Crippen LogP contribution in [0.15, 0.2) is 52.3 Å². The van der Waals surface area contributed by atoms with E-state index in [1.165, 1.54) is 30.6 Å². The summed E-state index contributed by atoms with van der Waals surface area (Å²) in [6.45, 7) is 0. The van der Waals surface area contributed by atoms with E-state index < -0.39 is 17.2 Å².